The molecule has 0 spiro atoms. The molecule has 0 saturated heterocycles. The molecule has 0 aromatic carbocycles. The summed E-state index contributed by atoms with van der Waals surface area (Å²) in [6.07, 6.45) is 5.83. The second-order valence-corrected chi connectivity index (χ2v) is 12.4. The van der Waals surface area contributed by atoms with Crippen LogP contribution in [0.1, 0.15) is 59.1 Å². The van der Waals surface area contributed by atoms with Gasteiger partial charge in [-0.3, -0.25) is 4.99 Å². The Bertz CT molecular complexity index is 578. The SMILES string of the molecule is CC[Si](CC)(CC)OC(C)CCCC1(OC)N=C(c2ccc[nH]2)CC1OC. The number of aliphatic imine (C=N–C) groups is 1. The zero-order chi connectivity index (χ0) is 19.9. The number of rotatable bonds is 12. The summed E-state index contributed by atoms with van der Waals surface area (Å²) < 4.78 is 18.3. The lowest BCUT2D eigenvalue weighted by Crippen LogP contribution is -2.41. The summed E-state index contributed by atoms with van der Waals surface area (Å²) in [6.45, 7) is 9.07. The summed E-state index contributed by atoms with van der Waals surface area (Å²) in [6, 6.07) is 7.64. The van der Waals surface area contributed by atoms with Crippen LogP contribution in [0.2, 0.25) is 18.1 Å². The van der Waals surface area contributed by atoms with Gasteiger partial charge in [0, 0.05) is 32.9 Å². The molecular weight excluding hydrogens is 356 g/mol. The van der Waals surface area contributed by atoms with Crippen LogP contribution in [-0.4, -0.2) is 51.2 Å². The van der Waals surface area contributed by atoms with E-state index in [1.165, 1.54) is 18.1 Å². The Morgan fingerprint density at radius 1 is 1.26 bits per heavy atom. The molecule has 6 heteroatoms. The van der Waals surface area contributed by atoms with Gasteiger partial charge in [-0.1, -0.05) is 20.8 Å². The predicted molar refractivity (Wildman–Crippen MR) is 114 cm³/mol. The lowest BCUT2D eigenvalue weighted by molar-refractivity contribution is -0.106. The minimum atomic E-state index is -1.54. The molecule has 1 aliphatic heterocycles. The van der Waals surface area contributed by atoms with E-state index in [0.29, 0.717) is 6.10 Å². The highest BCUT2D eigenvalue weighted by atomic mass is 28.4. The van der Waals surface area contributed by atoms with Gasteiger partial charge in [-0.05, 0) is 56.5 Å². The van der Waals surface area contributed by atoms with Crippen LogP contribution in [-0.2, 0) is 13.9 Å². The van der Waals surface area contributed by atoms with Gasteiger partial charge < -0.3 is 18.9 Å². The van der Waals surface area contributed by atoms with E-state index in [4.69, 9.17) is 18.9 Å². The predicted octanol–water partition coefficient (Wildman–Crippen LogP) is 5.15. The molecule has 1 aromatic heterocycles. The molecule has 0 aliphatic carbocycles. The Morgan fingerprint density at radius 3 is 2.48 bits per heavy atom. The number of nitrogens with zero attached hydrogens (tertiary/aromatic N) is 1. The van der Waals surface area contributed by atoms with Crippen molar-refractivity contribution in [2.45, 2.75) is 89.4 Å². The van der Waals surface area contributed by atoms with Gasteiger partial charge in [-0.25, -0.2) is 0 Å². The highest BCUT2D eigenvalue weighted by Gasteiger charge is 2.45. The van der Waals surface area contributed by atoms with Gasteiger partial charge in [0.05, 0.1) is 11.4 Å². The summed E-state index contributed by atoms with van der Waals surface area (Å²) in [5.74, 6) is 0. The molecule has 154 valence electrons. The van der Waals surface area contributed by atoms with Crippen LogP contribution in [0.4, 0.5) is 0 Å². The van der Waals surface area contributed by atoms with E-state index in [2.05, 4.69) is 38.7 Å². The quantitative estimate of drug-likeness (QED) is 0.499. The average Bonchev–Trinajstić information content (AvgIpc) is 3.34. The Hall–Kier alpha value is -0.953. The minimum absolute atomic E-state index is 0.0487. The molecule has 1 aliphatic rings. The van der Waals surface area contributed by atoms with Crippen LogP contribution in [0.25, 0.3) is 0 Å². The van der Waals surface area contributed by atoms with Crippen LogP contribution >= 0.6 is 0 Å². The summed E-state index contributed by atoms with van der Waals surface area (Å²) in [7, 11) is 1.95. The lowest BCUT2D eigenvalue weighted by Gasteiger charge is -2.33. The van der Waals surface area contributed by atoms with Crippen molar-refractivity contribution in [2.75, 3.05) is 14.2 Å². The molecule has 2 rings (SSSR count). The number of ether oxygens (including phenoxy) is 2. The molecule has 0 amide bonds. The maximum atomic E-state index is 6.58. The molecule has 1 N–H and O–H groups in total. The molecule has 0 bridgehead atoms. The number of hydrogen-bond donors (Lipinski definition) is 1. The normalized spacial score (nSPS) is 24.2. The van der Waals surface area contributed by atoms with Crippen molar-refractivity contribution in [3.63, 3.8) is 0 Å². The second kappa shape index (κ2) is 10.0. The van der Waals surface area contributed by atoms with Gasteiger partial charge >= 0.3 is 0 Å². The monoisotopic (exact) mass is 394 g/mol. The van der Waals surface area contributed by atoms with E-state index in [0.717, 1.165) is 37.1 Å². The van der Waals surface area contributed by atoms with Gasteiger partial charge in [-0.15, -0.1) is 0 Å². The highest BCUT2D eigenvalue weighted by molar-refractivity contribution is 6.73. The molecule has 3 atom stereocenters. The summed E-state index contributed by atoms with van der Waals surface area (Å²) in [4.78, 5) is 8.21. The standard InChI is InChI=1S/C21H38N2O3Si/c1-7-27(8-2,9-3)26-17(4)12-10-14-21(25-6)20(24-5)16-19(23-21)18-13-11-15-22-18/h11,13,15,17,20,22H,7-10,12,14,16H2,1-6H3. The van der Waals surface area contributed by atoms with Gasteiger partial charge in [-0.2, -0.15) is 0 Å². The molecule has 0 radical (unpaired) electrons. The van der Waals surface area contributed by atoms with Crippen molar-refractivity contribution in [3.05, 3.63) is 24.0 Å². The summed E-state index contributed by atoms with van der Waals surface area (Å²) in [5, 5.41) is 0. The largest absolute Gasteiger partial charge is 0.414 e. The number of aromatic amines is 1. The topological polar surface area (TPSA) is 55.8 Å². The van der Waals surface area contributed by atoms with E-state index >= 15 is 0 Å². The van der Waals surface area contributed by atoms with Gasteiger partial charge in [0.2, 0.25) is 0 Å². The third-order valence-corrected chi connectivity index (χ3v) is 11.1. The van der Waals surface area contributed by atoms with Gasteiger partial charge in [0.15, 0.2) is 14.0 Å². The molecule has 1 aromatic rings. The van der Waals surface area contributed by atoms with Gasteiger partial charge in [0.1, 0.15) is 6.10 Å². The Morgan fingerprint density at radius 2 is 1.96 bits per heavy atom. The number of hydrogen-bond acceptors (Lipinski definition) is 4. The lowest BCUT2D eigenvalue weighted by atomic mass is 9.98. The molecule has 0 saturated carbocycles. The fourth-order valence-corrected chi connectivity index (χ4v) is 7.22. The summed E-state index contributed by atoms with van der Waals surface area (Å²) >= 11 is 0. The Balaban J connectivity index is 1.99. The van der Waals surface area contributed by atoms with E-state index in [-0.39, 0.29) is 6.10 Å². The smallest absolute Gasteiger partial charge is 0.192 e. The Kier molecular flexibility index (Phi) is 8.28. The van der Waals surface area contributed by atoms with E-state index in [9.17, 15) is 0 Å². The maximum absolute atomic E-state index is 6.58. The number of methoxy groups -OCH3 is 2. The first-order valence-corrected chi connectivity index (χ1v) is 13.0. The molecule has 2 heterocycles. The number of aromatic nitrogens is 1. The zero-order valence-electron chi connectivity index (χ0n) is 18.0. The minimum Gasteiger partial charge on any atom is -0.414 e. The van der Waals surface area contributed by atoms with Crippen LogP contribution in [0.5, 0.6) is 0 Å². The number of H-pyrrole nitrogens is 1. The first-order chi connectivity index (χ1) is 13.0. The second-order valence-electron chi connectivity index (χ2n) is 7.68. The van der Waals surface area contributed by atoms with Crippen LogP contribution in [0.15, 0.2) is 23.3 Å². The molecule has 5 nitrogen and oxygen atoms in total. The van der Waals surface area contributed by atoms with Crippen LogP contribution < -0.4 is 0 Å². The number of nitrogens with one attached hydrogen (secondary N) is 1. The van der Waals surface area contributed by atoms with Crippen LogP contribution in [0.3, 0.4) is 0 Å². The van der Waals surface area contributed by atoms with E-state index < -0.39 is 14.0 Å². The highest BCUT2D eigenvalue weighted by Crippen LogP contribution is 2.36. The Labute approximate surface area is 166 Å². The van der Waals surface area contributed by atoms with Crippen molar-refractivity contribution in [2.24, 2.45) is 4.99 Å². The fourth-order valence-electron chi connectivity index (χ4n) is 4.25. The molecule has 3 unspecified atom stereocenters. The van der Waals surface area contributed by atoms with Crippen molar-refractivity contribution >= 4 is 14.0 Å². The third kappa shape index (κ3) is 5.11. The van der Waals surface area contributed by atoms with Crippen molar-refractivity contribution < 1.29 is 13.9 Å². The van der Waals surface area contributed by atoms with Crippen molar-refractivity contribution in [3.8, 4) is 0 Å². The first-order valence-electron chi connectivity index (χ1n) is 10.5. The van der Waals surface area contributed by atoms with Crippen molar-refractivity contribution in [1.82, 2.24) is 4.98 Å². The average molecular weight is 395 g/mol. The van der Waals surface area contributed by atoms with Crippen LogP contribution in [0, 0.1) is 0 Å². The van der Waals surface area contributed by atoms with E-state index in [1.807, 2.05) is 12.3 Å². The van der Waals surface area contributed by atoms with Gasteiger partial charge in [0.25, 0.3) is 0 Å². The fraction of sp³-hybridized carbons (Fsp3) is 0.762. The first kappa shape index (κ1) is 22.3. The zero-order valence-corrected chi connectivity index (χ0v) is 19.0. The summed E-state index contributed by atoms with van der Waals surface area (Å²) in [5.41, 5.74) is 1.49. The molecule has 0 fully saturated rings. The molecular formula is C21H38N2O3Si. The van der Waals surface area contributed by atoms with E-state index in [1.54, 1.807) is 14.2 Å². The van der Waals surface area contributed by atoms with Crippen molar-refractivity contribution in [1.29, 1.82) is 0 Å². The maximum Gasteiger partial charge on any atom is 0.192 e. The third-order valence-electron chi connectivity index (χ3n) is 6.28. The molecule has 27 heavy (non-hydrogen) atoms.